The summed E-state index contributed by atoms with van der Waals surface area (Å²) in [7, 11) is 0. The fourth-order valence-corrected chi connectivity index (χ4v) is 1.60. The third-order valence-corrected chi connectivity index (χ3v) is 2.47. The average molecular weight is 264 g/mol. The molecule has 0 aromatic carbocycles. The first-order chi connectivity index (χ1) is 7.54. The molecular formula is C9H11Cl2N3O2. The summed E-state index contributed by atoms with van der Waals surface area (Å²) in [5.41, 5.74) is 0.602. The molecule has 1 aromatic rings. The molecule has 0 aliphatic heterocycles. The van der Waals surface area contributed by atoms with Gasteiger partial charge in [0.05, 0.1) is 12.1 Å². The van der Waals surface area contributed by atoms with E-state index < -0.39 is 5.97 Å². The van der Waals surface area contributed by atoms with E-state index in [1.165, 1.54) is 0 Å². The number of aromatic nitrogens is 2. The molecule has 88 valence electrons. The second-order valence-corrected chi connectivity index (χ2v) is 3.81. The van der Waals surface area contributed by atoms with Crippen LogP contribution in [0.2, 0.25) is 10.3 Å². The van der Waals surface area contributed by atoms with Crippen molar-refractivity contribution < 1.29 is 9.90 Å². The number of halogens is 2. The minimum absolute atomic E-state index is 0.0319. The summed E-state index contributed by atoms with van der Waals surface area (Å²) in [6.45, 7) is 2.87. The van der Waals surface area contributed by atoms with Crippen LogP contribution in [0.4, 0.5) is 5.69 Å². The Morgan fingerprint density at radius 1 is 1.50 bits per heavy atom. The number of hydrogen-bond donors (Lipinski definition) is 1. The molecule has 1 aromatic heterocycles. The van der Waals surface area contributed by atoms with Crippen molar-refractivity contribution in [2.24, 2.45) is 0 Å². The van der Waals surface area contributed by atoms with Crippen LogP contribution in [-0.4, -0.2) is 34.4 Å². The summed E-state index contributed by atoms with van der Waals surface area (Å²) in [6, 6.07) is 1.57. The zero-order valence-electron chi connectivity index (χ0n) is 8.65. The number of aliphatic carboxylic acids is 1. The third kappa shape index (κ3) is 3.50. The van der Waals surface area contributed by atoms with Crippen molar-refractivity contribution >= 4 is 34.9 Å². The lowest BCUT2D eigenvalue weighted by Gasteiger charge is -2.22. The molecule has 1 rings (SSSR count). The quantitative estimate of drug-likeness (QED) is 0.881. The van der Waals surface area contributed by atoms with Gasteiger partial charge in [-0.3, -0.25) is 4.79 Å². The Morgan fingerprint density at radius 2 is 2.19 bits per heavy atom. The van der Waals surface area contributed by atoms with E-state index in [0.717, 1.165) is 0 Å². The topological polar surface area (TPSA) is 66.3 Å². The number of hydrogen-bond acceptors (Lipinski definition) is 4. The van der Waals surface area contributed by atoms with Crippen LogP contribution in [0.1, 0.15) is 13.3 Å². The molecule has 0 saturated heterocycles. The second kappa shape index (κ2) is 5.86. The van der Waals surface area contributed by atoms with E-state index in [-0.39, 0.29) is 16.7 Å². The van der Waals surface area contributed by atoms with Gasteiger partial charge in [0, 0.05) is 19.2 Å². The molecule has 0 atom stereocenters. The Bertz CT molecular complexity index is 387. The summed E-state index contributed by atoms with van der Waals surface area (Å²) in [5, 5.41) is 16.3. The summed E-state index contributed by atoms with van der Waals surface area (Å²) < 4.78 is 0. The average Bonchev–Trinajstić information content (AvgIpc) is 2.23. The van der Waals surface area contributed by atoms with Crippen molar-refractivity contribution in [2.75, 3.05) is 18.0 Å². The molecule has 0 amide bonds. The highest BCUT2D eigenvalue weighted by atomic mass is 35.5. The van der Waals surface area contributed by atoms with Gasteiger partial charge in [0.1, 0.15) is 0 Å². The van der Waals surface area contributed by atoms with Gasteiger partial charge in [-0.25, -0.2) is 0 Å². The minimum atomic E-state index is -0.859. The molecular weight excluding hydrogens is 253 g/mol. The lowest BCUT2D eigenvalue weighted by molar-refractivity contribution is -0.136. The monoisotopic (exact) mass is 263 g/mol. The normalized spacial score (nSPS) is 10.2. The van der Waals surface area contributed by atoms with Gasteiger partial charge in [-0.15, -0.1) is 10.2 Å². The van der Waals surface area contributed by atoms with Gasteiger partial charge in [0.25, 0.3) is 0 Å². The minimum Gasteiger partial charge on any atom is -0.481 e. The van der Waals surface area contributed by atoms with Gasteiger partial charge < -0.3 is 10.0 Å². The maximum Gasteiger partial charge on any atom is 0.305 e. The molecule has 0 aliphatic rings. The first-order valence-electron chi connectivity index (χ1n) is 4.70. The van der Waals surface area contributed by atoms with Gasteiger partial charge in [0.2, 0.25) is 0 Å². The highest BCUT2D eigenvalue weighted by Gasteiger charge is 2.12. The standard InChI is InChI=1S/C9H11Cl2N3O2/c1-2-14(4-3-8(15)16)6-5-7(10)12-13-9(6)11/h5H,2-4H2,1H3,(H,15,16). The Balaban J connectivity index is 2.85. The van der Waals surface area contributed by atoms with Gasteiger partial charge in [-0.2, -0.15) is 0 Å². The first-order valence-corrected chi connectivity index (χ1v) is 5.45. The van der Waals surface area contributed by atoms with E-state index in [4.69, 9.17) is 28.3 Å². The molecule has 16 heavy (non-hydrogen) atoms. The first kappa shape index (κ1) is 13.0. The number of carboxylic acid groups (broad SMARTS) is 1. The van der Waals surface area contributed by atoms with Crippen LogP contribution in [0.3, 0.4) is 0 Å². The van der Waals surface area contributed by atoms with Crippen molar-refractivity contribution in [3.63, 3.8) is 0 Å². The second-order valence-electron chi connectivity index (χ2n) is 3.07. The summed E-state index contributed by atoms with van der Waals surface area (Å²) in [4.78, 5) is 12.3. The van der Waals surface area contributed by atoms with Crippen LogP contribution in [0.25, 0.3) is 0 Å². The Morgan fingerprint density at radius 3 is 2.75 bits per heavy atom. The molecule has 0 saturated carbocycles. The van der Waals surface area contributed by atoms with E-state index in [1.807, 2.05) is 6.92 Å². The summed E-state index contributed by atoms with van der Waals surface area (Å²) in [5.74, 6) is -0.859. The number of carboxylic acids is 1. The van der Waals surface area contributed by atoms with Gasteiger partial charge in [-0.05, 0) is 6.92 Å². The van der Waals surface area contributed by atoms with Crippen LogP contribution in [0.5, 0.6) is 0 Å². The summed E-state index contributed by atoms with van der Waals surface area (Å²) >= 11 is 11.6. The SMILES string of the molecule is CCN(CCC(=O)O)c1cc(Cl)nnc1Cl. The largest absolute Gasteiger partial charge is 0.481 e. The zero-order valence-corrected chi connectivity index (χ0v) is 10.2. The van der Waals surface area contributed by atoms with E-state index >= 15 is 0 Å². The smallest absolute Gasteiger partial charge is 0.305 e. The molecule has 0 radical (unpaired) electrons. The Kier molecular flexibility index (Phi) is 4.76. The molecule has 0 aliphatic carbocycles. The van der Waals surface area contributed by atoms with E-state index in [9.17, 15) is 4.79 Å². The molecule has 1 heterocycles. The van der Waals surface area contributed by atoms with E-state index in [2.05, 4.69) is 10.2 Å². The Hall–Kier alpha value is -1.07. The number of carbonyl (C=O) groups is 1. The van der Waals surface area contributed by atoms with Crippen LogP contribution in [0.15, 0.2) is 6.07 Å². The Labute approximate surface area is 103 Å². The lowest BCUT2D eigenvalue weighted by atomic mass is 10.3. The summed E-state index contributed by atoms with van der Waals surface area (Å²) in [6.07, 6.45) is 0.0319. The molecule has 0 fully saturated rings. The van der Waals surface area contributed by atoms with Crippen molar-refractivity contribution in [3.8, 4) is 0 Å². The van der Waals surface area contributed by atoms with Crippen LogP contribution in [0, 0.1) is 0 Å². The van der Waals surface area contributed by atoms with Crippen LogP contribution in [-0.2, 0) is 4.79 Å². The fraction of sp³-hybridized carbons (Fsp3) is 0.444. The predicted molar refractivity (Wildman–Crippen MR) is 62.2 cm³/mol. The highest BCUT2D eigenvalue weighted by Crippen LogP contribution is 2.25. The van der Waals surface area contributed by atoms with Crippen molar-refractivity contribution in [2.45, 2.75) is 13.3 Å². The lowest BCUT2D eigenvalue weighted by Crippen LogP contribution is -2.26. The van der Waals surface area contributed by atoms with Gasteiger partial charge >= 0.3 is 5.97 Å². The molecule has 5 nitrogen and oxygen atoms in total. The van der Waals surface area contributed by atoms with E-state index in [0.29, 0.717) is 18.8 Å². The van der Waals surface area contributed by atoms with Crippen LogP contribution < -0.4 is 4.90 Å². The molecule has 7 heteroatoms. The molecule has 1 N–H and O–H groups in total. The van der Waals surface area contributed by atoms with E-state index in [1.54, 1.807) is 11.0 Å². The molecule has 0 bridgehead atoms. The highest BCUT2D eigenvalue weighted by molar-refractivity contribution is 6.33. The number of nitrogens with zero attached hydrogens (tertiary/aromatic N) is 3. The van der Waals surface area contributed by atoms with Gasteiger partial charge in [-0.1, -0.05) is 23.2 Å². The molecule has 0 unspecified atom stereocenters. The van der Waals surface area contributed by atoms with Crippen molar-refractivity contribution in [1.29, 1.82) is 0 Å². The fourth-order valence-electron chi connectivity index (χ4n) is 1.25. The van der Waals surface area contributed by atoms with Gasteiger partial charge in [0.15, 0.2) is 10.3 Å². The molecule has 0 spiro atoms. The zero-order chi connectivity index (χ0) is 12.1. The van der Waals surface area contributed by atoms with Crippen molar-refractivity contribution in [1.82, 2.24) is 10.2 Å². The third-order valence-electron chi connectivity index (χ3n) is 2.02. The van der Waals surface area contributed by atoms with Crippen LogP contribution >= 0.6 is 23.2 Å². The number of rotatable bonds is 5. The predicted octanol–water partition coefficient (Wildman–Crippen LogP) is 2.08. The maximum absolute atomic E-state index is 10.5. The maximum atomic E-state index is 10.5. The number of anilines is 1. The van der Waals surface area contributed by atoms with Crippen molar-refractivity contribution in [3.05, 3.63) is 16.4 Å².